The van der Waals surface area contributed by atoms with Crippen LogP contribution in [0.25, 0.3) is 0 Å². The Bertz CT molecular complexity index is 737. The molecule has 0 spiro atoms. The number of aliphatic imine (C=N–C) groups is 1. The number of rotatable bonds is 8. The first-order chi connectivity index (χ1) is 13.3. The maximum Gasteiger partial charge on any atom is 0.191 e. The van der Waals surface area contributed by atoms with Gasteiger partial charge in [-0.1, -0.05) is 18.2 Å². The van der Waals surface area contributed by atoms with Crippen LogP contribution < -0.4 is 15.4 Å². The number of hydrogen-bond acceptors (Lipinski definition) is 5. The van der Waals surface area contributed by atoms with Gasteiger partial charge in [-0.05, 0) is 25.5 Å². The summed E-state index contributed by atoms with van der Waals surface area (Å²) >= 11 is 0. The third-order valence-corrected chi connectivity index (χ3v) is 4.23. The van der Waals surface area contributed by atoms with Gasteiger partial charge in [0.1, 0.15) is 24.8 Å². The van der Waals surface area contributed by atoms with Crippen LogP contribution in [0.1, 0.15) is 25.0 Å². The van der Waals surface area contributed by atoms with Gasteiger partial charge in [0.05, 0.1) is 13.1 Å². The second-order valence-corrected chi connectivity index (χ2v) is 6.36. The number of halogens is 1. The van der Waals surface area contributed by atoms with E-state index in [9.17, 15) is 0 Å². The van der Waals surface area contributed by atoms with Gasteiger partial charge in [0.25, 0.3) is 0 Å². The van der Waals surface area contributed by atoms with Gasteiger partial charge in [0.15, 0.2) is 11.8 Å². The lowest BCUT2D eigenvalue weighted by Gasteiger charge is -2.25. The second-order valence-electron chi connectivity index (χ2n) is 6.36. The Hall–Kier alpha value is -1.88. The predicted molar refractivity (Wildman–Crippen MR) is 119 cm³/mol. The monoisotopic (exact) mass is 500 g/mol. The van der Waals surface area contributed by atoms with Crippen molar-refractivity contribution < 1.29 is 9.47 Å². The van der Waals surface area contributed by atoms with Crippen molar-refractivity contribution in [2.75, 3.05) is 26.8 Å². The molecule has 0 amide bonds. The van der Waals surface area contributed by atoms with E-state index in [0.717, 1.165) is 49.3 Å². The Kier molecular flexibility index (Phi) is 9.48. The number of nitrogens with one attached hydrogen (secondary N) is 2. The topological polar surface area (TPSA) is 85.6 Å². The second kappa shape index (κ2) is 11.8. The zero-order valence-corrected chi connectivity index (χ0v) is 18.8. The van der Waals surface area contributed by atoms with Crippen molar-refractivity contribution in [1.82, 2.24) is 25.4 Å². The minimum absolute atomic E-state index is 0. The summed E-state index contributed by atoms with van der Waals surface area (Å²) < 4.78 is 12.8. The highest BCUT2D eigenvalue weighted by Gasteiger charge is 2.22. The van der Waals surface area contributed by atoms with E-state index in [1.54, 1.807) is 7.11 Å². The van der Waals surface area contributed by atoms with E-state index in [-0.39, 0.29) is 30.0 Å². The molecule has 0 saturated carbocycles. The zero-order chi connectivity index (χ0) is 18.9. The number of hydrogen-bond donors (Lipinski definition) is 2. The summed E-state index contributed by atoms with van der Waals surface area (Å²) in [5.74, 6) is 3.44. The molecule has 2 aromatic rings. The van der Waals surface area contributed by atoms with Crippen LogP contribution in [0.3, 0.4) is 0 Å². The van der Waals surface area contributed by atoms with Gasteiger partial charge in [-0.25, -0.2) is 14.7 Å². The fraction of sp³-hybridized carbons (Fsp3) is 0.526. The third kappa shape index (κ3) is 6.62. The molecule has 0 bridgehead atoms. The van der Waals surface area contributed by atoms with E-state index in [1.807, 2.05) is 35.0 Å². The molecule has 2 heterocycles. The normalized spacial score (nSPS) is 16.1. The maximum absolute atomic E-state index is 5.70. The molecule has 9 heteroatoms. The number of guanidine groups is 1. The van der Waals surface area contributed by atoms with Gasteiger partial charge >= 0.3 is 0 Å². The van der Waals surface area contributed by atoms with Gasteiger partial charge < -0.3 is 20.1 Å². The number of methoxy groups -OCH3 is 1. The van der Waals surface area contributed by atoms with Gasteiger partial charge in [-0.15, -0.1) is 24.0 Å². The van der Waals surface area contributed by atoms with Crippen LogP contribution in [0.15, 0.2) is 35.3 Å². The summed E-state index contributed by atoms with van der Waals surface area (Å²) in [6.07, 6.45) is 1.89. The summed E-state index contributed by atoms with van der Waals surface area (Å²) in [6, 6.07) is 10.1. The summed E-state index contributed by atoms with van der Waals surface area (Å²) in [5.41, 5.74) is 0. The predicted octanol–water partition coefficient (Wildman–Crippen LogP) is 1.99. The van der Waals surface area contributed by atoms with E-state index < -0.39 is 0 Å². The molecule has 0 aliphatic carbocycles. The van der Waals surface area contributed by atoms with E-state index in [2.05, 4.69) is 32.6 Å². The van der Waals surface area contributed by atoms with E-state index >= 15 is 0 Å². The molecule has 0 saturated heterocycles. The zero-order valence-electron chi connectivity index (χ0n) is 16.4. The Morgan fingerprint density at radius 3 is 2.89 bits per heavy atom. The molecule has 0 radical (unpaired) electrons. The number of benzene rings is 1. The van der Waals surface area contributed by atoms with Crippen molar-refractivity contribution in [3.63, 3.8) is 0 Å². The molecular weight excluding hydrogens is 471 g/mol. The molecule has 0 fully saturated rings. The Morgan fingerprint density at radius 2 is 2.14 bits per heavy atom. The highest BCUT2D eigenvalue weighted by atomic mass is 127. The Morgan fingerprint density at radius 1 is 1.32 bits per heavy atom. The lowest BCUT2D eigenvalue weighted by Crippen LogP contribution is -2.47. The van der Waals surface area contributed by atoms with Crippen molar-refractivity contribution in [3.05, 3.63) is 42.0 Å². The number of para-hydroxylation sites is 1. The van der Waals surface area contributed by atoms with E-state index in [1.165, 1.54) is 0 Å². The largest absolute Gasteiger partial charge is 0.492 e. The van der Waals surface area contributed by atoms with Crippen LogP contribution in [0.2, 0.25) is 0 Å². The molecule has 1 aliphatic heterocycles. The fourth-order valence-electron chi connectivity index (χ4n) is 3.02. The van der Waals surface area contributed by atoms with E-state index in [0.29, 0.717) is 19.8 Å². The molecule has 1 aromatic heterocycles. The standard InChI is InChI=1S/C19H28N6O2.HI/c1-3-20-19(21-11-12-27-16-7-5-4-6-8-16)22-15-9-10-18-23-17(14-26-2)24-25(18)13-15;/h4-8,15H,3,9-14H2,1-2H3,(H2,20,21,22);1H. The first-order valence-electron chi connectivity index (χ1n) is 9.42. The lowest BCUT2D eigenvalue weighted by atomic mass is 10.1. The van der Waals surface area contributed by atoms with Gasteiger partial charge in [0.2, 0.25) is 0 Å². The van der Waals surface area contributed by atoms with Crippen LogP contribution in [-0.4, -0.2) is 53.6 Å². The SMILES string of the molecule is CCNC(=NCCOc1ccccc1)NC1CCc2nc(COC)nn2C1.I. The van der Waals surface area contributed by atoms with Crippen LogP contribution in [0.4, 0.5) is 0 Å². The van der Waals surface area contributed by atoms with Gasteiger partial charge in [-0.3, -0.25) is 0 Å². The third-order valence-electron chi connectivity index (χ3n) is 4.23. The Labute approximate surface area is 183 Å². The molecule has 1 unspecified atom stereocenters. The van der Waals surface area contributed by atoms with Crippen molar-refractivity contribution >= 4 is 29.9 Å². The van der Waals surface area contributed by atoms with Crippen molar-refractivity contribution in [3.8, 4) is 5.75 Å². The van der Waals surface area contributed by atoms with Gasteiger partial charge in [-0.2, -0.15) is 5.10 Å². The molecule has 1 aliphatic rings. The minimum Gasteiger partial charge on any atom is -0.492 e. The molecule has 1 aromatic carbocycles. The van der Waals surface area contributed by atoms with Crippen molar-refractivity contribution in [2.45, 2.75) is 39.0 Å². The molecule has 2 N–H and O–H groups in total. The summed E-state index contributed by atoms with van der Waals surface area (Å²) in [7, 11) is 1.66. The van der Waals surface area contributed by atoms with Crippen molar-refractivity contribution in [1.29, 1.82) is 0 Å². The highest BCUT2D eigenvalue weighted by Crippen LogP contribution is 2.13. The maximum atomic E-state index is 5.70. The van der Waals surface area contributed by atoms with Crippen LogP contribution in [0.5, 0.6) is 5.75 Å². The van der Waals surface area contributed by atoms with Crippen molar-refractivity contribution in [2.24, 2.45) is 4.99 Å². The molecule has 28 heavy (non-hydrogen) atoms. The number of fused-ring (bicyclic) bond motifs is 1. The summed E-state index contributed by atoms with van der Waals surface area (Å²) in [4.78, 5) is 9.13. The van der Waals surface area contributed by atoms with Crippen LogP contribution >= 0.6 is 24.0 Å². The van der Waals surface area contributed by atoms with Crippen LogP contribution in [0, 0.1) is 0 Å². The first-order valence-corrected chi connectivity index (χ1v) is 9.42. The lowest BCUT2D eigenvalue weighted by molar-refractivity contribution is 0.177. The highest BCUT2D eigenvalue weighted by molar-refractivity contribution is 14.0. The average molecular weight is 500 g/mol. The number of aryl methyl sites for hydroxylation is 1. The quantitative estimate of drug-likeness (QED) is 0.250. The molecular formula is C19H29IN6O2. The molecule has 154 valence electrons. The minimum atomic E-state index is 0. The first kappa shape index (κ1) is 22.4. The average Bonchev–Trinajstić information content (AvgIpc) is 3.08. The number of aromatic nitrogens is 3. The van der Waals surface area contributed by atoms with E-state index in [4.69, 9.17) is 9.47 Å². The summed E-state index contributed by atoms with van der Waals surface area (Å²) in [5, 5.41) is 11.3. The molecule has 8 nitrogen and oxygen atoms in total. The Balaban J connectivity index is 0.00000280. The number of ether oxygens (including phenoxy) is 2. The van der Waals surface area contributed by atoms with Crippen LogP contribution in [-0.2, 0) is 24.3 Å². The number of nitrogens with zero attached hydrogens (tertiary/aromatic N) is 4. The smallest absolute Gasteiger partial charge is 0.191 e. The van der Waals surface area contributed by atoms with Gasteiger partial charge in [0, 0.05) is 26.1 Å². The molecule has 3 rings (SSSR count). The molecule has 1 atom stereocenters. The fourth-order valence-corrected chi connectivity index (χ4v) is 3.02. The summed E-state index contributed by atoms with van der Waals surface area (Å²) in [6.45, 7) is 5.22.